The minimum Gasteiger partial charge on any atom is -0.328 e. The summed E-state index contributed by atoms with van der Waals surface area (Å²) in [4.78, 5) is 25.3. The molecule has 0 aliphatic carbocycles. The maximum atomic E-state index is 12.1. The van der Waals surface area contributed by atoms with Crippen LogP contribution in [0.3, 0.4) is 0 Å². The summed E-state index contributed by atoms with van der Waals surface area (Å²) < 4.78 is 0. The van der Waals surface area contributed by atoms with E-state index >= 15 is 0 Å². The van der Waals surface area contributed by atoms with Crippen LogP contribution in [0.2, 0.25) is 0 Å². The van der Waals surface area contributed by atoms with Gasteiger partial charge in [-0.3, -0.25) is 14.6 Å². The molecule has 0 spiro atoms. The van der Waals surface area contributed by atoms with Crippen molar-refractivity contribution < 1.29 is 4.79 Å². The summed E-state index contributed by atoms with van der Waals surface area (Å²) in [5, 5.41) is 11.0. The van der Waals surface area contributed by atoms with E-state index < -0.39 is 0 Å². The van der Waals surface area contributed by atoms with Crippen LogP contribution in [0.4, 0.5) is 5.69 Å². The number of thioether (sulfide) groups is 1. The highest BCUT2D eigenvalue weighted by atomic mass is 32.2. The predicted octanol–water partition coefficient (Wildman–Crippen LogP) is 1.90. The summed E-state index contributed by atoms with van der Waals surface area (Å²) in [6.45, 7) is 2.05. The minimum atomic E-state index is -0.321. The van der Waals surface area contributed by atoms with Gasteiger partial charge in [-0.2, -0.15) is 0 Å². The van der Waals surface area contributed by atoms with Gasteiger partial charge in [0, 0.05) is 11.3 Å². The second-order valence-corrected chi connectivity index (χ2v) is 5.05. The highest BCUT2D eigenvalue weighted by Gasteiger charge is 2.11. The first-order valence-corrected chi connectivity index (χ1v) is 7.14. The zero-order valence-electron chi connectivity index (χ0n) is 10.9. The number of H-pyrrole nitrogens is 1. The largest absolute Gasteiger partial charge is 0.328 e. The zero-order valence-corrected chi connectivity index (χ0v) is 11.7. The van der Waals surface area contributed by atoms with E-state index in [1.54, 1.807) is 24.3 Å². The van der Waals surface area contributed by atoms with Gasteiger partial charge < -0.3 is 5.32 Å². The smallest absolute Gasteiger partial charge is 0.278 e. The summed E-state index contributed by atoms with van der Waals surface area (Å²) in [5.41, 5.74) is 0.936. The fourth-order valence-corrected chi connectivity index (χ4v) is 2.30. The normalized spacial score (nSPS) is 10.2. The summed E-state index contributed by atoms with van der Waals surface area (Å²) in [7, 11) is 0. The number of anilines is 1. The van der Waals surface area contributed by atoms with Gasteiger partial charge >= 0.3 is 0 Å². The first-order valence-electron chi connectivity index (χ1n) is 6.15. The standard InChI is InChI=1S/C13H14N4O2S/c1-2-7-20-13-15-12(19)11(16-17-13)9-5-3-4-6-10(9)14-8-18/h3-6,8H,2,7H2,1H3,(H,14,18)(H,15,17,19). The topological polar surface area (TPSA) is 87.7 Å². The lowest BCUT2D eigenvalue weighted by Crippen LogP contribution is -2.15. The first-order chi connectivity index (χ1) is 9.76. The highest BCUT2D eigenvalue weighted by molar-refractivity contribution is 7.99. The molecular weight excluding hydrogens is 276 g/mol. The molecule has 0 bridgehead atoms. The van der Waals surface area contributed by atoms with Gasteiger partial charge in [-0.15, -0.1) is 10.2 Å². The maximum absolute atomic E-state index is 12.1. The highest BCUT2D eigenvalue weighted by Crippen LogP contribution is 2.23. The van der Waals surface area contributed by atoms with Crippen molar-refractivity contribution in [3.05, 3.63) is 34.6 Å². The lowest BCUT2D eigenvalue weighted by atomic mass is 10.1. The van der Waals surface area contributed by atoms with Crippen LogP contribution in [0.25, 0.3) is 11.3 Å². The average molecular weight is 290 g/mol. The Bertz CT molecular complexity index is 657. The molecule has 6 nitrogen and oxygen atoms in total. The molecule has 0 aliphatic heterocycles. The van der Waals surface area contributed by atoms with Crippen molar-refractivity contribution in [2.24, 2.45) is 0 Å². The molecule has 7 heteroatoms. The minimum absolute atomic E-state index is 0.191. The van der Waals surface area contributed by atoms with Gasteiger partial charge in [0.2, 0.25) is 6.41 Å². The number of rotatable bonds is 6. The third-order valence-corrected chi connectivity index (χ3v) is 3.59. The van der Waals surface area contributed by atoms with Gasteiger partial charge in [0.05, 0.1) is 5.69 Å². The number of hydrogen-bond acceptors (Lipinski definition) is 5. The number of nitrogens with zero attached hydrogens (tertiary/aromatic N) is 2. The van der Waals surface area contributed by atoms with Crippen LogP contribution in [0.5, 0.6) is 0 Å². The first kappa shape index (κ1) is 14.3. The quantitative estimate of drug-likeness (QED) is 0.626. The van der Waals surface area contributed by atoms with Crippen molar-refractivity contribution >= 4 is 23.9 Å². The van der Waals surface area contributed by atoms with Crippen molar-refractivity contribution in [3.63, 3.8) is 0 Å². The van der Waals surface area contributed by atoms with E-state index in [-0.39, 0.29) is 11.3 Å². The van der Waals surface area contributed by atoms with Gasteiger partial charge in [-0.1, -0.05) is 36.9 Å². The maximum Gasteiger partial charge on any atom is 0.278 e. The Kier molecular flexibility index (Phi) is 4.89. The third-order valence-electron chi connectivity index (χ3n) is 2.52. The van der Waals surface area contributed by atoms with Crippen LogP contribution in [-0.4, -0.2) is 27.3 Å². The van der Waals surface area contributed by atoms with Crippen molar-refractivity contribution in [2.45, 2.75) is 18.5 Å². The molecule has 2 N–H and O–H groups in total. The number of nitrogens with one attached hydrogen (secondary N) is 2. The molecule has 0 radical (unpaired) electrons. The summed E-state index contributed by atoms with van der Waals surface area (Å²) in [5.74, 6) is 0.868. The lowest BCUT2D eigenvalue weighted by molar-refractivity contribution is -0.105. The Morgan fingerprint density at radius 3 is 2.85 bits per heavy atom. The molecule has 1 amide bonds. The van der Waals surface area contributed by atoms with Gasteiger partial charge in [0.25, 0.3) is 5.56 Å². The molecule has 1 heterocycles. The Hall–Kier alpha value is -2.15. The fraction of sp³-hybridized carbons (Fsp3) is 0.231. The van der Waals surface area contributed by atoms with Crippen molar-refractivity contribution in [2.75, 3.05) is 11.1 Å². The second-order valence-electron chi connectivity index (χ2n) is 3.96. The molecule has 0 saturated carbocycles. The summed E-state index contributed by atoms with van der Waals surface area (Å²) in [6, 6.07) is 6.95. The molecule has 2 aromatic rings. The Morgan fingerprint density at radius 2 is 2.15 bits per heavy atom. The molecule has 0 fully saturated rings. The number of hydrogen-bond donors (Lipinski definition) is 2. The van der Waals surface area contributed by atoms with Crippen molar-refractivity contribution in [3.8, 4) is 11.3 Å². The molecule has 0 saturated heterocycles. The van der Waals surface area contributed by atoms with Gasteiger partial charge in [-0.05, 0) is 12.5 Å². The monoisotopic (exact) mass is 290 g/mol. The van der Waals surface area contributed by atoms with E-state index in [0.717, 1.165) is 12.2 Å². The van der Waals surface area contributed by atoms with E-state index in [9.17, 15) is 9.59 Å². The predicted molar refractivity (Wildman–Crippen MR) is 78.8 cm³/mol. The van der Waals surface area contributed by atoms with Crippen LogP contribution in [-0.2, 0) is 4.79 Å². The lowest BCUT2D eigenvalue weighted by Gasteiger charge is -2.06. The Labute approximate surface area is 120 Å². The molecule has 1 aromatic carbocycles. The molecular formula is C13H14N4O2S. The van der Waals surface area contributed by atoms with Gasteiger partial charge in [0.15, 0.2) is 10.9 Å². The number of benzene rings is 1. The summed E-state index contributed by atoms with van der Waals surface area (Å²) >= 11 is 1.45. The number of carbonyl (C=O) groups excluding carboxylic acids is 1. The molecule has 0 aliphatic rings. The number of para-hydroxylation sites is 1. The number of carbonyl (C=O) groups is 1. The average Bonchev–Trinajstić information content (AvgIpc) is 2.46. The Morgan fingerprint density at radius 1 is 1.35 bits per heavy atom. The van der Waals surface area contributed by atoms with Crippen LogP contribution in [0.15, 0.2) is 34.2 Å². The number of aromatic amines is 1. The molecule has 20 heavy (non-hydrogen) atoms. The van der Waals surface area contributed by atoms with Gasteiger partial charge in [-0.25, -0.2) is 0 Å². The molecule has 0 atom stereocenters. The summed E-state index contributed by atoms with van der Waals surface area (Å²) in [6.07, 6.45) is 1.55. The van der Waals surface area contributed by atoms with E-state index in [1.807, 2.05) is 6.92 Å². The second kappa shape index (κ2) is 6.85. The van der Waals surface area contributed by atoms with Crippen molar-refractivity contribution in [1.29, 1.82) is 0 Å². The number of amides is 1. The van der Waals surface area contributed by atoms with Crippen LogP contribution < -0.4 is 10.9 Å². The van der Waals surface area contributed by atoms with Crippen LogP contribution in [0, 0.1) is 0 Å². The Balaban J connectivity index is 2.38. The molecule has 1 aromatic heterocycles. The van der Waals surface area contributed by atoms with E-state index in [0.29, 0.717) is 22.8 Å². The van der Waals surface area contributed by atoms with E-state index in [4.69, 9.17) is 0 Å². The van der Waals surface area contributed by atoms with Crippen molar-refractivity contribution in [1.82, 2.24) is 15.2 Å². The van der Waals surface area contributed by atoms with Crippen LogP contribution in [0.1, 0.15) is 13.3 Å². The zero-order chi connectivity index (χ0) is 14.4. The molecule has 0 unspecified atom stereocenters. The molecule has 104 valence electrons. The van der Waals surface area contributed by atoms with Gasteiger partial charge in [0.1, 0.15) is 0 Å². The fourth-order valence-electron chi connectivity index (χ4n) is 1.64. The van der Waals surface area contributed by atoms with Crippen LogP contribution >= 0.6 is 11.8 Å². The molecule has 2 rings (SSSR count). The van der Waals surface area contributed by atoms with E-state index in [2.05, 4.69) is 20.5 Å². The van der Waals surface area contributed by atoms with E-state index in [1.165, 1.54) is 11.8 Å². The SMILES string of the molecule is CCCSc1nnc(-c2ccccc2NC=O)c(=O)[nH]1. The number of aromatic nitrogens is 3. The third kappa shape index (κ3) is 3.24.